The van der Waals surface area contributed by atoms with Gasteiger partial charge in [0.1, 0.15) is 12.0 Å². The number of oxime groups is 1. The number of rotatable bonds is 5. The quantitative estimate of drug-likeness (QED) is 0.473. The number of hydrogen-bond donors (Lipinski definition) is 0. The molecule has 114 valence electrons. The summed E-state index contributed by atoms with van der Waals surface area (Å²) in [7, 11) is 1.43. The van der Waals surface area contributed by atoms with Crippen LogP contribution in [0.5, 0.6) is 0 Å². The Labute approximate surface area is 126 Å². The van der Waals surface area contributed by atoms with Gasteiger partial charge in [-0.05, 0) is 37.2 Å². The molecule has 0 radical (unpaired) electrons. The maximum atomic E-state index is 12.1. The molecule has 0 atom stereocenters. The van der Waals surface area contributed by atoms with E-state index >= 15 is 0 Å². The van der Waals surface area contributed by atoms with Crippen LogP contribution >= 0.6 is 0 Å². The van der Waals surface area contributed by atoms with Crippen molar-refractivity contribution in [1.82, 2.24) is 0 Å². The zero-order valence-electron chi connectivity index (χ0n) is 12.7. The lowest BCUT2D eigenvalue weighted by atomic mass is 9.71. The van der Waals surface area contributed by atoms with Gasteiger partial charge in [0, 0.05) is 0 Å². The van der Waals surface area contributed by atoms with Gasteiger partial charge in [-0.1, -0.05) is 42.4 Å². The van der Waals surface area contributed by atoms with E-state index in [-0.39, 0.29) is 5.97 Å². The summed E-state index contributed by atoms with van der Waals surface area (Å²) in [4.78, 5) is 17.4. The summed E-state index contributed by atoms with van der Waals surface area (Å²) in [6.45, 7) is 2.62. The van der Waals surface area contributed by atoms with Crippen LogP contribution in [-0.4, -0.2) is 19.3 Å². The average Bonchev–Trinajstić information content (AvgIpc) is 2.54. The number of nitrogens with zero attached hydrogens (tertiary/aromatic N) is 1. The van der Waals surface area contributed by atoms with Crippen LogP contribution in [0.1, 0.15) is 38.2 Å². The van der Waals surface area contributed by atoms with Gasteiger partial charge in [0.15, 0.2) is 0 Å². The van der Waals surface area contributed by atoms with Crippen LogP contribution < -0.4 is 0 Å². The molecule has 1 aromatic carbocycles. The van der Waals surface area contributed by atoms with Crippen molar-refractivity contribution in [1.29, 1.82) is 0 Å². The second-order valence-electron chi connectivity index (χ2n) is 5.82. The van der Waals surface area contributed by atoms with Crippen LogP contribution in [0.3, 0.4) is 0 Å². The first-order valence-electron chi connectivity index (χ1n) is 7.45. The van der Waals surface area contributed by atoms with Gasteiger partial charge >= 0.3 is 5.97 Å². The lowest BCUT2D eigenvalue weighted by molar-refractivity contribution is -0.150. The van der Waals surface area contributed by atoms with Gasteiger partial charge in [0.05, 0.1) is 13.3 Å². The van der Waals surface area contributed by atoms with E-state index in [1.165, 1.54) is 7.11 Å². The molecule has 1 aliphatic carbocycles. The van der Waals surface area contributed by atoms with E-state index in [4.69, 9.17) is 9.57 Å². The SMILES string of the molecule is COC(=O)C1(/C=N\OCc2ccccc2)CCC(C)CC1. The van der Waals surface area contributed by atoms with Gasteiger partial charge in [0.2, 0.25) is 0 Å². The fraction of sp³-hybridized carbons (Fsp3) is 0.529. The number of benzene rings is 1. The highest BCUT2D eigenvalue weighted by Crippen LogP contribution is 2.38. The van der Waals surface area contributed by atoms with Crippen molar-refractivity contribution >= 4 is 12.2 Å². The van der Waals surface area contributed by atoms with Crippen LogP contribution in [0.4, 0.5) is 0 Å². The van der Waals surface area contributed by atoms with Crippen LogP contribution in [0.2, 0.25) is 0 Å². The highest BCUT2D eigenvalue weighted by Gasteiger charge is 2.41. The molecule has 1 aromatic rings. The molecule has 0 bridgehead atoms. The fourth-order valence-corrected chi connectivity index (χ4v) is 2.69. The predicted molar refractivity (Wildman–Crippen MR) is 81.8 cm³/mol. The Morgan fingerprint density at radius 2 is 2.00 bits per heavy atom. The number of esters is 1. The predicted octanol–water partition coefficient (Wildman–Crippen LogP) is 3.56. The Balaban J connectivity index is 1.95. The van der Waals surface area contributed by atoms with Gasteiger partial charge in [-0.3, -0.25) is 4.79 Å². The second kappa shape index (κ2) is 7.25. The van der Waals surface area contributed by atoms with E-state index in [2.05, 4.69) is 12.1 Å². The summed E-state index contributed by atoms with van der Waals surface area (Å²) in [5.41, 5.74) is 0.442. The number of carbonyl (C=O) groups excluding carboxylic acids is 1. The van der Waals surface area contributed by atoms with Crippen molar-refractivity contribution in [3.8, 4) is 0 Å². The van der Waals surface area contributed by atoms with Gasteiger partial charge in [-0.25, -0.2) is 0 Å². The van der Waals surface area contributed by atoms with E-state index in [1.807, 2.05) is 30.3 Å². The molecule has 4 nitrogen and oxygen atoms in total. The zero-order valence-corrected chi connectivity index (χ0v) is 12.7. The minimum absolute atomic E-state index is 0.207. The third-order valence-corrected chi connectivity index (χ3v) is 4.21. The minimum Gasteiger partial charge on any atom is -0.468 e. The Hall–Kier alpha value is -1.84. The summed E-state index contributed by atoms with van der Waals surface area (Å²) in [6, 6.07) is 9.84. The fourth-order valence-electron chi connectivity index (χ4n) is 2.69. The molecule has 0 heterocycles. The smallest absolute Gasteiger partial charge is 0.317 e. The maximum Gasteiger partial charge on any atom is 0.317 e. The van der Waals surface area contributed by atoms with Gasteiger partial charge in [-0.2, -0.15) is 0 Å². The zero-order chi connectivity index (χ0) is 15.1. The summed E-state index contributed by atoms with van der Waals surface area (Å²) in [6.07, 6.45) is 5.23. The Bertz CT molecular complexity index is 476. The molecule has 21 heavy (non-hydrogen) atoms. The Morgan fingerprint density at radius 1 is 1.33 bits per heavy atom. The first kappa shape index (κ1) is 15.5. The third-order valence-electron chi connectivity index (χ3n) is 4.21. The van der Waals surface area contributed by atoms with Crippen molar-refractivity contribution < 1.29 is 14.4 Å². The van der Waals surface area contributed by atoms with Crippen LogP contribution in [0.15, 0.2) is 35.5 Å². The first-order valence-corrected chi connectivity index (χ1v) is 7.45. The average molecular weight is 289 g/mol. The first-order chi connectivity index (χ1) is 10.2. The van der Waals surface area contributed by atoms with Gasteiger partial charge in [0.25, 0.3) is 0 Å². The van der Waals surface area contributed by atoms with Crippen LogP contribution in [0.25, 0.3) is 0 Å². The molecule has 0 saturated heterocycles. The number of hydrogen-bond acceptors (Lipinski definition) is 4. The molecule has 1 aliphatic rings. The monoisotopic (exact) mass is 289 g/mol. The molecule has 0 unspecified atom stereocenters. The molecule has 0 aromatic heterocycles. The van der Waals surface area contributed by atoms with Crippen molar-refractivity contribution in [3.63, 3.8) is 0 Å². The van der Waals surface area contributed by atoms with E-state index in [0.29, 0.717) is 12.5 Å². The number of ether oxygens (including phenoxy) is 1. The van der Waals surface area contributed by atoms with Crippen molar-refractivity contribution in [2.45, 2.75) is 39.2 Å². The van der Waals surface area contributed by atoms with Gasteiger partial charge < -0.3 is 9.57 Å². The molecule has 0 N–H and O–H groups in total. The lowest BCUT2D eigenvalue weighted by Crippen LogP contribution is -2.37. The topological polar surface area (TPSA) is 47.9 Å². The third kappa shape index (κ3) is 4.06. The van der Waals surface area contributed by atoms with Gasteiger partial charge in [-0.15, -0.1) is 0 Å². The van der Waals surface area contributed by atoms with E-state index in [1.54, 1.807) is 6.21 Å². The molecule has 2 rings (SSSR count). The molecule has 4 heteroatoms. The Morgan fingerprint density at radius 3 is 2.62 bits per heavy atom. The summed E-state index contributed by atoms with van der Waals surface area (Å²) < 4.78 is 4.96. The standard InChI is InChI=1S/C17H23NO3/c1-14-8-10-17(11-9-14,16(19)20-2)13-18-21-12-15-6-4-3-5-7-15/h3-7,13-14H,8-12H2,1-2H3/b18-13-. The summed E-state index contributed by atoms with van der Waals surface area (Å²) in [5.74, 6) is 0.447. The minimum atomic E-state index is -0.613. The summed E-state index contributed by atoms with van der Waals surface area (Å²) >= 11 is 0. The molecule has 0 aliphatic heterocycles. The van der Waals surface area contributed by atoms with E-state index in [9.17, 15) is 4.79 Å². The molecular formula is C17H23NO3. The molecule has 1 fully saturated rings. The molecule has 1 saturated carbocycles. The number of carbonyl (C=O) groups is 1. The normalized spacial score (nSPS) is 25.7. The van der Waals surface area contributed by atoms with Crippen molar-refractivity contribution in [3.05, 3.63) is 35.9 Å². The molecule has 0 spiro atoms. The highest BCUT2D eigenvalue weighted by atomic mass is 16.6. The van der Waals surface area contributed by atoms with Crippen molar-refractivity contribution in [2.24, 2.45) is 16.5 Å². The number of methoxy groups -OCH3 is 1. The highest BCUT2D eigenvalue weighted by molar-refractivity contribution is 5.95. The molecule has 0 amide bonds. The largest absolute Gasteiger partial charge is 0.468 e. The van der Waals surface area contributed by atoms with E-state index in [0.717, 1.165) is 31.2 Å². The maximum absolute atomic E-state index is 12.1. The summed E-state index contributed by atoms with van der Waals surface area (Å²) in [5, 5.41) is 4.03. The van der Waals surface area contributed by atoms with Crippen molar-refractivity contribution in [2.75, 3.05) is 7.11 Å². The van der Waals surface area contributed by atoms with E-state index < -0.39 is 5.41 Å². The van der Waals surface area contributed by atoms with Crippen LogP contribution in [-0.2, 0) is 21.0 Å². The molecular weight excluding hydrogens is 266 g/mol. The lowest BCUT2D eigenvalue weighted by Gasteiger charge is -2.33. The van der Waals surface area contributed by atoms with Crippen LogP contribution in [0, 0.1) is 11.3 Å². The Kier molecular flexibility index (Phi) is 5.37. The second-order valence-corrected chi connectivity index (χ2v) is 5.82.